The number of anilines is 1. The molecule has 3 aromatic rings. The summed E-state index contributed by atoms with van der Waals surface area (Å²) in [7, 11) is 5.24. The molecule has 7 nitrogen and oxygen atoms in total. The van der Waals surface area contributed by atoms with Gasteiger partial charge in [0, 0.05) is 14.2 Å². The number of nitrogens with one attached hydrogen (secondary N) is 1. The van der Waals surface area contributed by atoms with Gasteiger partial charge in [0.1, 0.15) is 18.2 Å². The molecule has 0 aliphatic heterocycles. The SMILES string of the molecule is COCc1nc(NC2CCCc3cc(OC)ccc32)c2cnn(C)c2n1. The van der Waals surface area contributed by atoms with Crippen molar-refractivity contribution in [2.45, 2.75) is 31.9 Å². The van der Waals surface area contributed by atoms with Crippen LogP contribution < -0.4 is 10.1 Å². The minimum atomic E-state index is 0.207. The predicted octanol–water partition coefficient (Wildman–Crippen LogP) is 3.01. The number of benzene rings is 1. The Morgan fingerprint density at radius 3 is 2.96 bits per heavy atom. The lowest BCUT2D eigenvalue weighted by Gasteiger charge is -2.27. The molecular formula is C19H23N5O2. The van der Waals surface area contributed by atoms with Crippen LogP contribution in [-0.4, -0.2) is 34.0 Å². The van der Waals surface area contributed by atoms with Gasteiger partial charge in [-0.1, -0.05) is 6.07 Å². The lowest BCUT2D eigenvalue weighted by molar-refractivity contribution is 0.178. The lowest BCUT2D eigenvalue weighted by atomic mass is 9.87. The molecule has 1 aliphatic rings. The van der Waals surface area contributed by atoms with Crippen LogP contribution in [-0.2, 0) is 24.8 Å². The summed E-state index contributed by atoms with van der Waals surface area (Å²) >= 11 is 0. The van der Waals surface area contributed by atoms with Crippen molar-refractivity contribution in [3.8, 4) is 5.75 Å². The standard InChI is InChI=1S/C19H23N5O2/c1-24-19-15(10-20-24)18(22-17(23-19)11-25-2)21-16-6-4-5-12-9-13(26-3)7-8-14(12)16/h7-10,16H,4-6,11H2,1-3H3,(H,21,22,23). The zero-order chi connectivity index (χ0) is 18.1. The highest BCUT2D eigenvalue weighted by Gasteiger charge is 2.22. The Kier molecular flexibility index (Phi) is 4.46. The van der Waals surface area contributed by atoms with E-state index in [4.69, 9.17) is 9.47 Å². The molecule has 0 amide bonds. The van der Waals surface area contributed by atoms with Gasteiger partial charge in [-0.05, 0) is 42.5 Å². The number of rotatable bonds is 5. The summed E-state index contributed by atoms with van der Waals surface area (Å²) in [6, 6.07) is 6.52. The Morgan fingerprint density at radius 2 is 2.15 bits per heavy atom. The van der Waals surface area contributed by atoms with Gasteiger partial charge in [-0.15, -0.1) is 0 Å². The molecule has 1 atom stereocenters. The summed E-state index contributed by atoms with van der Waals surface area (Å²) in [6.07, 6.45) is 5.08. The molecule has 7 heteroatoms. The fourth-order valence-electron chi connectivity index (χ4n) is 3.60. The minimum Gasteiger partial charge on any atom is -0.497 e. The zero-order valence-corrected chi connectivity index (χ0v) is 15.3. The van der Waals surface area contributed by atoms with Crippen LogP contribution in [0.1, 0.15) is 35.8 Å². The number of ether oxygens (including phenoxy) is 2. The monoisotopic (exact) mass is 353 g/mol. The summed E-state index contributed by atoms with van der Waals surface area (Å²) in [5.74, 6) is 2.36. The Morgan fingerprint density at radius 1 is 1.27 bits per heavy atom. The molecule has 26 heavy (non-hydrogen) atoms. The Labute approximate surface area is 152 Å². The Bertz CT molecular complexity index is 937. The van der Waals surface area contributed by atoms with Crippen LogP contribution in [0.15, 0.2) is 24.4 Å². The first-order chi connectivity index (χ1) is 12.7. The van der Waals surface area contributed by atoms with Gasteiger partial charge in [-0.3, -0.25) is 4.68 Å². The van der Waals surface area contributed by atoms with Gasteiger partial charge < -0.3 is 14.8 Å². The summed E-state index contributed by atoms with van der Waals surface area (Å²) in [4.78, 5) is 9.23. The third kappa shape index (κ3) is 2.99. The van der Waals surface area contributed by atoms with Crippen LogP contribution >= 0.6 is 0 Å². The first kappa shape index (κ1) is 16.8. The first-order valence-electron chi connectivity index (χ1n) is 8.80. The van der Waals surface area contributed by atoms with Gasteiger partial charge in [-0.2, -0.15) is 5.10 Å². The smallest absolute Gasteiger partial charge is 0.163 e. The molecule has 1 N–H and O–H groups in total. The van der Waals surface area contributed by atoms with Gasteiger partial charge in [0.15, 0.2) is 11.5 Å². The number of fused-ring (bicyclic) bond motifs is 2. The van der Waals surface area contributed by atoms with Crippen molar-refractivity contribution in [1.82, 2.24) is 19.7 Å². The fourth-order valence-corrected chi connectivity index (χ4v) is 3.60. The number of hydrogen-bond donors (Lipinski definition) is 1. The maximum Gasteiger partial charge on any atom is 0.163 e. The summed E-state index contributed by atoms with van der Waals surface area (Å²) in [5.41, 5.74) is 3.45. The van der Waals surface area contributed by atoms with Crippen molar-refractivity contribution in [1.29, 1.82) is 0 Å². The van der Waals surface area contributed by atoms with Crippen molar-refractivity contribution < 1.29 is 9.47 Å². The number of nitrogens with zero attached hydrogens (tertiary/aromatic N) is 4. The molecule has 2 heterocycles. The van der Waals surface area contributed by atoms with Crippen molar-refractivity contribution in [2.24, 2.45) is 7.05 Å². The summed E-state index contributed by atoms with van der Waals surface area (Å²) < 4.78 is 12.4. The number of hydrogen-bond acceptors (Lipinski definition) is 6. The van der Waals surface area contributed by atoms with E-state index in [-0.39, 0.29) is 6.04 Å². The van der Waals surface area contributed by atoms with Crippen molar-refractivity contribution in [3.63, 3.8) is 0 Å². The van der Waals surface area contributed by atoms with Crippen LogP contribution in [0.2, 0.25) is 0 Å². The van der Waals surface area contributed by atoms with E-state index < -0.39 is 0 Å². The molecular weight excluding hydrogens is 330 g/mol. The lowest BCUT2D eigenvalue weighted by Crippen LogP contribution is -2.19. The third-order valence-corrected chi connectivity index (χ3v) is 4.89. The van der Waals surface area contributed by atoms with Crippen molar-refractivity contribution in [3.05, 3.63) is 41.3 Å². The van der Waals surface area contributed by atoms with Crippen LogP contribution in [0.25, 0.3) is 11.0 Å². The van der Waals surface area contributed by atoms with Gasteiger partial charge >= 0.3 is 0 Å². The quantitative estimate of drug-likeness (QED) is 0.760. The minimum absolute atomic E-state index is 0.207. The molecule has 1 unspecified atom stereocenters. The molecule has 136 valence electrons. The topological polar surface area (TPSA) is 74.1 Å². The van der Waals surface area contributed by atoms with E-state index >= 15 is 0 Å². The molecule has 1 aromatic carbocycles. The van der Waals surface area contributed by atoms with E-state index in [1.165, 1.54) is 11.1 Å². The predicted molar refractivity (Wildman–Crippen MR) is 99.3 cm³/mol. The van der Waals surface area contributed by atoms with Gasteiger partial charge in [0.2, 0.25) is 0 Å². The molecule has 0 bridgehead atoms. The molecule has 4 rings (SSSR count). The second-order valence-electron chi connectivity index (χ2n) is 6.58. The summed E-state index contributed by atoms with van der Waals surface area (Å²) in [6.45, 7) is 0.369. The van der Waals surface area contributed by atoms with E-state index in [0.717, 1.165) is 41.9 Å². The highest BCUT2D eigenvalue weighted by Crippen LogP contribution is 2.35. The van der Waals surface area contributed by atoms with Gasteiger partial charge in [0.25, 0.3) is 0 Å². The molecule has 0 spiro atoms. The zero-order valence-electron chi connectivity index (χ0n) is 15.3. The molecule has 0 fully saturated rings. The molecule has 0 saturated heterocycles. The van der Waals surface area contributed by atoms with E-state index in [2.05, 4.69) is 32.5 Å². The number of aromatic nitrogens is 4. The maximum atomic E-state index is 5.37. The van der Waals surface area contributed by atoms with Crippen LogP contribution in [0.5, 0.6) is 5.75 Å². The van der Waals surface area contributed by atoms with E-state index in [1.807, 2.05) is 19.3 Å². The van der Waals surface area contributed by atoms with Crippen molar-refractivity contribution >= 4 is 16.9 Å². The Hall–Kier alpha value is -2.67. The molecule has 0 radical (unpaired) electrons. The first-order valence-corrected chi connectivity index (χ1v) is 8.80. The van der Waals surface area contributed by atoms with Crippen LogP contribution in [0.3, 0.4) is 0 Å². The van der Waals surface area contributed by atoms with Crippen LogP contribution in [0, 0.1) is 0 Å². The highest BCUT2D eigenvalue weighted by atomic mass is 16.5. The molecule has 2 aromatic heterocycles. The maximum absolute atomic E-state index is 5.37. The second kappa shape index (κ2) is 6.92. The van der Waals surface area contributed by atoms with E-state index in [9.17, 15) is 0 Å². The fraction of sp³-hybridized carbons (Fsp3) is 0.421. The highest BCUT2D eigenvalue weighted by molar-refractivity contribution is 5.86. The average Bonchev–Trinajstić information content (AvgIpc) is 3.03. The summed E-state index contributed by atoms with van der Waals surface area (Å²) in [5, 5.41) is 8.89. The van der Waals surface area contributed by atoms with E-state index in [1.54, 1.807) is 18.9 Å². The van der Waals surface area contributed by atoms with E-state index in [0.29, 0.717) is 12.4 Å². The third-order valence-electron chi connectivity index (χ3n) is 4.89. The normalized spacial score (nSPS) is 16.5. The molecule has 0 saturated carbocycles. The largest absolute Gasteiger partial charge is 0.497 e. The second-order valence-corrected chi connectivity index (χ2v) is 6.58. The Balaban J connectivity index is 1.72. The van der Waals surface area contributed by atoms with Crippen LogP contribution in [0.4, 0.5) is 5.82 Å². The number of aryl methyl sites for hydroxylation is 2. The van der Waals surface area contributed by atoms with Crippen molar-refractivity contribution in [2.75, 3.05) is 19.5 Å². The average molecular weight is 353 g/mol. The van der Waals surface area contributed by atoms with Gasteiger partial charge in [-0.25, -0.2) is 9.97 Å². The van der Waals surface area contributed by atoms with Gasteiger partial charge in [0.05, 0.1) is 24.7 Å². The molecule has 1 aliphatic carbocycles. The number of methoxy groups -OCH3 is 2.